The maximum atomic E-state index is 9.70. The summed E-state index contributed by atoms with van der Waals surface area (Å²) in [6.07, 6.45) is 0.545. The van der Waals surface area contributed by atoms with Gasteiger partial charge in [0.15, 0.2) is 0 Å². The molecular weight excluding hydrogens is 178 g/mol. The molecule has 2 rings (SSSR count). The van der Waals surface area contributed by atoms with Crippen LogP contribution in [-0.4, -0.2) is 24.9 Å². The van der Waals surface area contributed by atoms with Gasteiger partial charge in [-0.1, -0.05) is 12.1 Å². The van der Waals surface area contributed by atoms with Gasteiger partial charge in [0.25, 0.3) is 0 Å². The summed E-state index contributed by atoms with van der Waals surface area (Å²) in [6.45, 7) is 0.878. The number of aliphatic hydroxyl groups is 1. The molecule has 0 saturated carbocycles. The first-order valence-corrected chi connectivity index (χ1v) is 4.86. The minimum absolute atomic E-state index is 0.0603. The van der Waals surface area contributed by atoms with Crippen LogP contribution in [0.15, 0.2) is 24.3 Å². The number of aliphatic hydroxyl groups excluding tert-OH is 1. The van der Waals surface area contributed by atoms with E-state index in [1.165, 1.54) is 0 Å². The zero-order valence-corrected chi connectivity index (χ0v) is 8.23. The largest absolute Gasteiger partial charge is 0.497 e. The van der Waals surface area contributed by atoms with Gasteiger partial charge < -0.3 is 15.2 Å². The van der Waals surface area contributed by atoms with Crippen molar-refractivity contribution in [3.05, 3.63) is 29.8 Å². The molecule has 1 heterocycles. The van der Waals surface area contributed by atoms with Crippen molar-refractivity contribution in [1.82, 2.24) is 5.32 Å². The third kappa shape index (κ3) is 1.74. The Balaban J connectivity index is 2.22. The highest BCUT2D eigenvalue weighted by Crippen LogP contribution is 2.26. The number of hydrogen-bond donors (Lipinski definition) is 2. The van der Waals surface area contributed by atoms with Crippen molar-refractivity contribution in [3.8, 4) is 5.75 Å². The van der Waals surface area contributed by atoms with E-state index in [-0.39, 0.29) is 12.1 Å². The topological polar surface area (TPSA) is 41.5 Å². The average molecular weight is 193 g/mol. The van der Waals surface area contributed by atoms with Gasteiger partial charge in [0.1, 0.15) is 5.75 Å². The average Bonchev–Trinajstić information content (AvgIpc) is 2.65. The predicted molar refractivity (Wildman–Crippen MR) is 54.4 cm³/mol. The maximum absolute atomic E-state index is 9.70. The lowest BCUT2D eigenvalue weighted by atomic mass is 10.0. The van der Waals surface area contributed by atoms with Crippen LogP contribution >= 0.6 is 0 Å². The molecule has 2 N–H and O–H groups in total. The van der Waals surface area contributed by atoms with E-state index >= 15 is 0 Å². The fourth-order valence-electron chi connectivity index (χ4n) is 1.86. The first-order chi connectivity index (χ1) is 6.81. The van der Waals surface area contributed by atoms with Crippen LogP contribution in [0.4, 0.5) is 0 Å². The number of benzene rings is 1. The Kier molecular flexibility index (Phi) is 2.70. The Morgan fingerprint density at radius 2 is 2.36 bits per heavy atom. The van der Waals surface area contributed by atoms with E-state index in [0.29, 0.717) is 0 Å². The summed E-state index contributed by atoms with van der Waals surface area (Å²) < 4.78 is 5.14. The lowest BCUT2D eigenvalue weighted by molar-refractivity contribution is 0.160. The van der Waals surface area contributed by atoms with Gasteiger partial charge in [-0.2, -0.15) is 0 Å². The minimum Gasteiger partial charge on any atom is -0.497 e. The summed E-state index contributed by atoms with van der Waals surface area (Å²) in [5.41, 5.74) is 1.09. The highest BCUT2D eigenvalue weighted by molar-refractivity contribution is 5.31. The van der Waals surface area contributed by atoms with Gasteiger partial charge in [-0.15, -0.1) is 0 Å². The minimum atomic E-state index is -0.276. The zero-order valence-electron chi connectivity index (χ0n) is 8.23. The monoisotopic (exact) mass is 193 g/mol. The molecule has 1 aliphatic rings. The Morgan fingerprint density at radius 3 is 3.00 bits per heavy atom. The molecule has 1 saturated heterocycles. The van der Waals surface area contributed by atoms with Crippen LogP contribution in [0.3, 0.4) is 0 Å². The van der Waals surface area contributed by atoms with Gasteiger partial charge >= 0.3 is 0 Å². The van der Waals surface area contributed by atoms with E-state index in [0.717, 1.165) is 24.3 Å². The summed E-state index contributed by atoms with van der Waals surface area (Å²) in [5, 5.41) is 13.0. The smallest absolute Gasteiger partial charge is 0.119 e. The third-order valence-electron chi connectivity index (χ3n) is 2.64. The summed E-state index contributed by atoms with van der Waals surface area (Å²) in [4.78, 5) is 0. The molecule has 2 atom stereocenters. The number of hydrogen-bond acceptors (Lipinski definition) is 3. The Morgan fingerprint density at radius 1 is 1.50 bits per heavy atom. The summed E-state index contributed by atoms with van der Waals surface area (Å²) in [7, 11) is 1.65. The van der Waals surface area contributed by atoms with Gasteiger partial charge in [-0.05, 0) is 30.7 Å². The Bertz CT molecular complexity index is 314. The molecule has 14 heavy (non-hydrogen) atoms. The van der Waals surface area contributed by atoms with Crippen LogP contribution in [-0.2, 0) is 0 Å². The van der Waals surface area contributed by atoms with Crippen LogP contribution in [0.25, 0.3) is 0 Å². The Labute approximate surface area is 83.7 Å². The molecule has 0 aromatic heterocycles. The summed E-state index contributed by atoms with van der Waals surface area (Å²) in [5.74, 6) is 0.836. The van der Waals surface area contributed by atoms with Gasteiger partial charge in [-0.25, -0.2) is 0 Å². The second-order valence-electron chi connectivity index (χ2n) is 3.56. The van der Waals surface area contributed by atoms with Crippen molar-refractivity contribution in [2.24, 2.45) is 0 Å². The van der Waals surface area contributed by atoms with Crippen molar-refractivity contribution in [1.29, 1.82) is 0 Å². The second-order valence-corrected chi connectivity index (χ2v) is 3.56. The number of ether oxygens (including phenoxy) is 1. The van der Waals surface area contributed by atoms with Gasteiger partial charge in [0.05, 0.1) is 19.3 Å². The molecule has 1 aliphatic heterocycles. The maximum Gasteiger partial charge on any atom is 0.119 e. The fourth-order valence-corrected chi connectivity index (χ4v) is 1.86. The molecule has 1 aromatic rings. The lowest BCUT2D eigenvalue weighted by Crippen LogP contribution is -2.20. The summed E-state index contributed by atoms with van der Waals surface area (Å²) in [6, 6.07) is 7.89. The molecule has 0 amide bonds. The van der Waals surface area contributed by atoms with Crippen molar-refractivity contribution in [3.63, 3.8) is 0 Å². The molecule has 0 radical (unpaired) electrons. The zero-order chi connectivity index (χ0) is 9.97. The van der Waals surface area contributed by atoms with Crippen LogP contribution in [0.5, 0.6) is 5.75 Å². The van der Waals surface area contributed by atoms with Crippen LogP contribution in [0, 0.1) is 0 Å². The van der Waals surface area contributed by atoms with Gasteiger partial charge in [0, 0.05) is 0 Å². The Hall–Kier alpha value is -1.06. The third-order valence-corrected chi connectivity index (χ3v) is 2.64. The standard InChI is InChI=1S/C11H15NO2/c1-14-9-4-2-3-8(7-9)11-10(13)5-6-12-11/h2-4,7,10-13H,5-6H2,1H3. The van der Waals surface area contributed by atoms with Gasteiger partial charge in [0.2, 0.25) is 0 Å². The van der Waals surface area contributed by atoms with E-state index in [9.17, 15) is 5.11 Å². The second kappa shape index (κ2) is 3.98. The fraction of sp³-hybridized carbons (Fsp3) is 0.455. The molecule has 0 bridgehead atoms. The predicted octanol–water partition coefficient (Wildman–Crippen LogP) is 1.09. The van der Waals surface area contributed by atoms with Crippen LogP contribution < -0.4 is 10.1 Å². The highest BCUT2D eigenvalue weighted by Gasteiger charge is 2.25. The molecule has 1 fully saturated rings. The van der Waals surface area contributed by atoms with E-state index in [2.05, 4.69) is 5.32 Å². The summed E-state index contributed by atoms with van der Waals surface area (Å²) >= 11 is 0. The van der Waals surface area contributed by atoms with Gasteiger partial charge in [-0.3, -0.25) is 0 Å². The molecule has 0 aliphatic carbocycles. The molecule has 0 spiro atoms. The highest BCUT2D eigenvalue weighted by atomic mass is 16.5. The van der Waals surface area contributed by atoms with Crippen molar-refractivity contribution in [2.45, 2.75) is 18.6 Å². The molecule has 2 unspecified atom stereocenters. The van der Waals surface area contributed by atoms with E-state index in [1.54, 1.807) is 7.11 Å². The van der Waals surface area contributed by atoms with Crippen molar-refractivity contribution < 1.29 is 9.84 Å². The normalized spacial score (nSPS) is 26.4. The quantitative estimate of drug-likeness (QED) is 0.738. The van der Waals surface area contributed by atoms with Crippen molar-refractivity contribution >= 4 is 0 Å². The molecule has 3 heteroatoms. The van der Waals surface area contributed by atoms with Crippen LogP contribution in [0.2, 0.25) is 0 Å². The van der Waals surface area contributed by atoms with Crippen LogP contribution in [0.1, 0.15) is 18.0 Å². The lowest BCUT2D eigenvalue weighted by Gasteiger charge is -2.15. The number of rotatable bonds is 2. The van der Waals surface area contributed by atoms with E-state index in [1.807, 2.05) is 24.3 Å². The number of nitrogens with one attached hydrogen (secondary N) is 1. The van der Waals surface area contributed by atoms with E-state index < -0.39 is 0 Å². The molecular formula is C11H15NO2. The molecule has 1 aromatic carbocycles. The SMILES string of the molecule is COc1cccc(C2NCCC2O)c1. The number of methoxy groups -OCH3 is 1. The molecule has 3 nitrogen and oxygen atoms in total. The van der Waals surface area contributed by atoms with E-state index in [4.69, 9.17) is 4.74 Å². The van der Waals surface area contributed by atoms with Crippen molar-refractivity contribution in [2.75, 3.05) is 13.7 Å². The first-order valence-electron chi connectivity index (χ1n) is 4.86. The first kappa shape index (κ1) is 9.49. The molecule has 76 valence electrons.